The second kappa shape index (κ2) is 3.18. The van der Waals surface area contributed by atoms with E-state index < -0.39 is 0 Å². The van der Waals surface area contributed by atoms with Crippen molar-refractivity contribution in [3.8, 4) is 11.4 Å². The first kappa shape index (κ1) is 8.81. The Morgan fingerprint density at radius 3 is 2.64 bits per heavy atom. The molecule has 14 heavy (non-hydrogen) atoms. The lowest BCUT2D eigenvalue weighted by Gasteiger charge is -2.09. The van der Waals surface area contributed by atoms with Crippen molar-refractivity contribution in [2.24, 2.45) is 0 Å². The largest absolute Gasteiger partial charge is 0.506 e. The van der Waals surface area contributed by atoms with Crippen molar-refractivity contribution in [2.45, 2.75) is 13.8 Å². The summed E-state index contributed by atoms with van der Waals surface area (Å²) in [5, 5.41) is 9.80. The molecule has 0 saturated heterocycles. The first-order valence-electron chi connectivity index (χ1n) is 4.47. The summed E-state index contributed by atoms with van der Waals surface area (Å²) in [5.41, 5.74) is 2.90. The molecule has 0 spiro atoms. The van der Waals surface area contributed by atoms with Crippen LogP contribution in [0.5, 0.6) is 5.75 Å². The van der Waals surface area contributed by atoms with Crippen molar-refractivity contribution in [1.29, 1.82) is 0 Å². The fraction of sp³-hybridized carbons (Fsp3) is 0.182. The molecule has 1 aromatic carbocycles. The van der Waals surface area contributed by atoms with E-state index in [9.17, 15) is 5.11 Å². The zero-order valence-electron chi connectivity index (χ0n) is 8.23. The Balaban J connectivity index is 2.64. The number of hydrogen-bond acceptors (Lipinski definition) is 2. The van der Waals surface area contributed by atoms with Crippen LogP contribution in [0.15, 0.2) is 30.9 Å². The average molecular weight is 188 g/mol. The van der Waals surface area contributed by atoms with Crippen LogP contribution in [0.25, 0.3) is 5.69 Å². The highest BCUT2D eigenvalue weighted by Crippen LogP contribution is 2.26. The van der Waals surface area contributed by atoms with Gasteiger partial charge in [0.25, 0.3) is 0 Å². The summed E-state index contributed by atoms with van der Waals surface area (Å²) in [5.74, 6) is 0.292. The van der Waals surface area contributed by atoms with Gasteiger partial charge >= 0.3 is 0 Å². The predicted octanol–water partition coefficient (Wildman–Crippen LogP) is 2.19. The molecule has 0 atom stereocenters. The van der Waals surface area contributed by atoms with E-state index in [4.69, 9.17) is 0 Å². The van der Waals surface area contributed by atoms with E-state index >= 15 is 0 Å². The lowest BCUT2D eigenvalue weighted by Crippen LogP contribution is -1.95. The van der Waals surface area contributed by atoms with Crippen LogP contribution in [0.2, 0.25) is 0 Å². The smallest absolute Gasteiger partial charge is 0.140 e. The molecule has 0 radical (unpaired) electrons. The van der Waals surface area contributed by atoms with Gasteiger partial charge in [0.2, 0.25) is 0 Å². The van der Waals surface area contributed by atoms with E-state index in [2.05, 4.69) is 4.98 Å². The number of phenolic OH excluding ortho intramolecular Hbond substituents is 1. The van der Waals surface area contributed by atoms with Gasteiger partial charge in [-0.2, -0.15) is 0 Å². The Kier molecular flexibility index (Phi) is 2.00. The van der Waals surface area contributed by atoms with E-state index in [1.165, 1.54) is 0 Å². The van der Waals surface area contributed by atoms with Gasteiger partial charge < -0.3 is 9.67 Å². The highest BCUT2D eigenvalue weighted by atomic mass is 16.3. The number of nitrogens with zero attached hydrogens (tertiary/aromatic N) is 2. The summed E-state index contributed by atoms with van der Waals surface area (Å²) in [6, 6.07) is 3.79. The highest BCUT2D eigenvalue weighted by molar-refractivity contribution is 5.53. The fourth-order valence-electron chi connectivity index (χ4n) is 1.66. The van der Waals surface area contributed by atoms with Crippen LogP contribution in [-0.2, 0) is 0 Å². The molecule has 0 fully saturated rings. The average Bonchev–Trinajstić information content (AvgIpc) is 2.54. The third kappa shape index (κ3) is 1.37. The standard InChI is InChI=1S/C11H12N2O/c1-8-5-9(2)11(10(14)6-8)13-4-3-12-7-13/h3-7,14H,1-2H3. The molecule has 0 saturated carbocycles. The Morgan fingerprint density at radius 1 is 1.29 bits per heavy atom. The zero-order valence-corrected chi connectivity index (χ0v) is 8.23. The molecular weight excluding hydrogens is 176 g/mol. The summed E-state index contributed by atoms with van der Waals surface area (Å²) in [6.45, 7) is 3.94. The minimum atomic E-state index is 0.292. The van der Waals surface area contributed by atoms with Crippen molar-refractivity contribution >= 4 is 0 Å². The van der Waals surface area contributed by atoms with Crippen molar-refractivity contribution in [3.63, 3.8) is 0 Å². The monoisotopic (exact) mass is 188 g/mol. The molecule has 0 aliphatic heterocycles. The highest BCUT2D eigenvalue weighted by Gasteiger charge is 2.06. The molecule has 1 heterocycles. The second-order valence-corrected chi connectivity index (χ2v) is 3.42. The quantitative estimate of drug-likeness (QED) is 0.745. The van der Waals surface area contributed by atoms with Gasteiger partial charge in [-0.05, 0) is 31.0 Å². The number of imidazole rings is 1. The Morgan fingerprint density at radius 2 is 2.07 bits per heavy atom. The normalized spacial score (nSPS) is 10.4. The number of aryl methyl sites for hydroxylation is 2. The molecule has 0 amide bonds. The molecule has 3 heteroatoms. The topological polar surface area (TPSA) is 38.0 Å². The first-order valence-corrected chi connectivity index (χ1v) is 4.47. The molecule has 0 aliphatic carbocycles. The van der Waals surface area contributed by atoms with Gasteiger partial charge in [0, 0.05) is 12.4 Å². The molecule has 0 bridgehead atoms. The van der Waals surface area contributed by atoms with E-state index in [-0.39, 0.29) is 0 Å². The van der Waals surface area contributed by atoms with Crippen LogP contribution in [0.4, 0.5) is 0 Å². The Labute approximate surface area is 82.7 Å². The molecule has 2 aromatic rings. The second-order valence-electron chi connectivity index (χ2n) is 3.42. The van der Waals surface area contributed by atoms with Gasteiger partial charge in [0.15, 0.2) is 0 Å². The molecule has 0 aliphatic rings. The van der Waals surface area contributed by atoms with Gasteiger partial charge in [-0.3, -0.25) is 0 Å². The summed E-state index contributed by atoms with van der Waals surface area (Å²) in [6.07, 6.45) is 5.19. The van der Waals surface area contributed by atoms with Crippen LogP contribution in [0.3, 0.4) is 0 Å². The van der Waals surface area contributed by atoms with E-state index in [1.54, 1.807) is 18.6 Å². The summed E-state index contributed by atoms with van der Waals surface area (Å²) >= 11 is 0. The van der Waals surface area contributed by atoms with Gasteiger partial charge in [-0.25, -0.2) is 4.98 Å². The third-order valence-electron chi connectivity index (χ3n) is 2.19. The van der Waals surface area contributed by atoms with Crippen LogP contribution < -0.4 is 0 Å². The van der Waals surface area contributed by atoms with Gasteiger partial charge in [-0.1, -0.05) is 6.07 Å². The molecule has 72 valence electrons. The molecule has 0 unspecified atom stereocenters. The number of hydrogen-bond donors (Lipinski definition) is 1. The van der Waals surface area contributed by atoms with E-state index in [1.807, 2.05) is 30.7 Å². The van der Waals surface area contributed by atoms with E-state index in [0.29, 0.717) is 5.75 Å². The number of rotatable bonds is 1. The van der Waals surface area contributed by atoms with Crippen LogP contribution >= 0.6 is 0 Å². The van der Waals surface area contributed by atoms with Crippen molar-refractivity contribution in [2.75, 3.05) is 0 Å². The lowest BCUT2D eigenvalue weighted by atomic mass is 10.1. The van der Waals surface area contributed by atoms with Crippen LogP contribution in [0.1, 0.15) is 11.1 Å². The molecule has 1 aromatic heterocycles. The zero-order chi connectivity index (χ0) is 10.1. The van der Waals surface area contributed by atoms with E-state index in [0.717, 1.165) is 16.8 Å². The maximum absolute atomic E-state index is 9.80. The molecular formula is C11H12N2O. The SMILES string of the molecule is Cc1cc(C)c(-n2ccnc2)c(O)c1. The molecule has 1 N–H and O–H groups in total. The Hall–Kier alpha value is -1.77. The molecule has 2 rings (SSSR count). The minimum absolute atomic E-state index is 0.292. The maximum atomic E-state index is 9.80. The van der Waals surface area contributed by atoms with Crippen LogP contribution in [0, 0.1) is 13.8 Å². The molecule has 3 nitrogen and oxygen atoms in total. The summed E-state index contributed by atoms with van der Waals surface area (Å²) in [7, 11) is 0. The van der Waals surface area contributed by atoms with Gasteiger partial charge in [0.05, 0.1) is 12.0 Å². The minimum Gasteiger partial charge on any atom is -0.506 e. The van der Waals surface area contributed by atoms with Gasteiger partial charge in [-0.15, -0.1) is 0 Å². The van der Waals surface area contributed by atoms with Gasteiger partial charge in [0.1, 0.15) is 5.75 Å². The number of aromatic hydroxyl groups is 1. The van der Waals surface area contributed by atoms with Crippen molar-refractivity contribution < 1.29 is 5.11 Å². The number of phenols is 1. The van der Waals surface area contributed by atoms with Crippen molar-refractivity contribution in [3.05, 3.63) is 42.0 Å². The summed E-state index contributed by atoms with van der Waals surface area (Å²) < 4.78 is 1.81. The fourth-order valence-corrected chi connectivity index (χ4v) is 1.66. The van der Waals surface area contributed by atoms with Crippen LogP contribution in [-0.4, -0.2) is 14.7 Å². The predicted molar refractivity (Wildman–Crippen MR) is 54.7 cm³/mol. The lowest BCUT2D eigenvalue weighted by molar-refractivity contribution is 0.471. The number of aromatic nitrogens is 2. The summed E-state index contributed by atoms with van der Waals surface area (Å²) in [4.78, 5) is 3.96. The first-order chi connectivity index (χ1) is 6.68. The maximum Gasteiger partial charge on any atom is 0.140 e. The van der Waals surface area contributed by atoms with Crippen molar-refractivity contribution in [1.82, 2.24) is 9.55 Å². The third-order valence-corrected chi connectivity index (χ3v) is 2.19. The number of benzene rings is 1. The Bertz CT molecular complexity index is 423.